The fourth-order valence-corrected chi connectivity index (χ4v) is 3.42. The summed E-state index contributed by atoms with van der Waals surface area (Å²) in [5.74, 6) is 0.766. The first-order valence-corrected chi connectivity index (χ1v) is 9.32. The predicted octanol–water partition coefficient (Wildman–Crippen LogP) is 3.52. The maximum atomic E-state index is 12.2. The second-order valence-corrected chi connectivity index (χ2v) is 7.43. The molecule has 0 fully saturated rings. The molecule has 0 aliphatic rings. The summed E-state index contributed by atoms with van der Waals surface area (Å²) in [7, 11) is -1.87. The highest BCUT2D eigenvalue weighted by Gasteiger charge is 2.12. The molecule has 0 aromatic heterocycles. The van der Waals surface area contributed by atoms with E-state index in [2.05, 4.69) is 4.72 Å². The minimum atomic E-state index is -3.49. The Morgan fingerprint density at radius 3 is 2.54 bits per heavy atom. The molecule has 2 aromatic rings. The monoisotopic (exact) mass is 345 g/mol. The molecule has 0 radical (unpaired) electrons. The molecule has 2 aromatic carbocycles. The molecule has 0 aliphatic heterocycles. The van der Waals surface area contributed by atoms with Crippen LogP contribution in [0.4, 0.5) is 0 Å². The van der Waals surface area contributed by atoms with Gasteiger partial charge in [-0.25, -0.2) is 13.1 Å². The van der Waals surface area contributed by atoms with Crippen LogP contribution in [0.5, 0.6) is 5.75 Å². The fourth-order valence-electron chi connectivity index (χ4n) is 2.36. The average Bonchev–Trinajstić information content (AvgIpc) is 2.54. The van der Waals surface area contributed by atoms with Gasteiger partial charge >= 0.3 is 0 Å². The summed E-state index contributed by atoms with van der Waals surface area (Å²) in [6.07, 6.45) is 2.19. The van der Waals surface area contributed by atoms with Crippen LogP contribution in [-0.4, -0.2) is 21.6 Å². The maximum Gasteiger partial charge on any atom is 0.233 e. The Morgan fingerprint density at radius 1 is 1.17 bits per heavy atom. The molecular formula is C19H23NO3S. The minimum absolute atomic E-state index is 0.218. The van der Waals surface area contributed by atoms with Crippen molar-refractivity contribution in [1.29, 1.82) is 0 Å². The van der Waals surface area contributed by atoms with Crippen molar-refractivity contribution < 1.29 is 13.2 Å². The van der Waals surface area contributed by atoms with Crippen molar-refractivity contribution in [3.63, 3.8) is 0 Å². The van der Waals surface area contributed by atoms with Crippen LogP contribution in [0.15, 0.2) is 53.9 Å². The van der Waals surface area contributed by atoms with E-state index in [1.165, 1.54) is 5.41 Å². The van der Waals surface area contributed by atoms with Crippen LogP contribution >= 0.6 is 0 Å². The van der Waals surface area contributed by atoms with Crippen LogP contribution in [0.3, 0.4) is 0 Å². The van der Waals surface area contributed by atoms with Crippen molar-refractivity contribution in [3.05, 3.63) is 70.6 Å². The molecule has 0 heterocycles. The Balaban J connectivity index is 1.98. The number of aryl methyl sites for hydroxylation is 1. The highest BCUT2D eigenvalue weighted by Crippen LogP contribution is 2.14. The second-order valence-electron chi connectivity index (χ2n) is 5.83. The molecule has 1 atom stereocenters. The number of ether oxygens (including phenoxy) is 1. The molecule has 1 N–H and O–H groups in total. The molecule has 1 unspecified atom stereocenters. The van der Waals surface area contributed by atoms with E-state index in [0.717, 1.165) is 22.4 Å². The van der Waals surface area contributed by atoms with Crippen LogP contribution in [0.1, 0.15) is 23.6 Å². The summed E-state index contributed by atoms with van der Waals surface area (Å²) in [4.78, 5) is 0. The third-order valence-corrected chi connectivity index (χ3v) is 4.78. The molecule has 128 valence electrons. The van der Waals surface area contributed by atoms with Crippen molar-refractivity contribution in [2.75, 3.05) is 7.11 Å². The SMILES string of the molecule is COc1cccc(CC(C)NS(=O)(=O)/C=C/c2ccc(C)cc2)c1. The highest BCUT2D eigenvalue weighted by molar-refractivity contribution is 7.92. The molecule has 4 nitrogen and oxygen atoms in total. The first-order valence-electron chi connectivity index (χ1n) is 7.78. The lowest BCUT2D eigenvalue weighted by atomic mass is 10.1. The van der Waals surface area contributed by atoms with Crippen LogP contribution < -0.4 is 9.46 Å². The van der Waals surface area contributed by atoms with Crippen molar-refractivity contribution in [2.45, 2.75) is 26.3 Å². The summed E-state index contributed by atoms with van der Waals surface area (Å²) in [6.45, 7) is 3.84. The molecule has 0 saturated carbocycles. The maximum absolute atomic E-state index is 12.2. The Morgan fingerprint density at radius 2 is 1.88 bits per heavy atom. The zero-order valence-electron chi connectivity index (χ0n) is 14.2. The molecule has 0 amide bonds. The van der Waals surface area contributed by atoms with Gasteiger partial charge in [-0.05, 0) is 49.6 Å². The first-order chi connectivity index (χ1) is 11.4. The number of sulfonamides is 1. The van der Waals surface area contributed by atoms with Gasteiger partial charge in [0.1, 0.15) is 5.75 Å². The van der Waals surface area contributed by atoms with Gasteiger partial charge in [-0.15, -0.1) is 0 Å². The van der Waals surface area contributed by atoms with Gasteiger partial charge in [0.2, 0.25) is 10.0 Å². The quantitative estimate of drug-likeness (QED) is 0.835. The van der Waals surface area contributed by atoms with Gasteiger partial charge in [-0.3, -0.25) is 0 Å². The molecular weight excluding hydrogens is 322 g/mol. The zero-order chi connectivity index (χ0) is 17.6. The Bertz CT molecular complexity index is 796. The van der Waals surface area contributed by atoms with Crippen molar-refractivity contribution in [2.24, 2.45) is 0 Å². The van der Waals surface area contributed by atoms with Gasteiger partial charge < -0.3 is 4.74 Å². The number of methoxy groups -OCH3 is 1. The van der Waals surface area contributed by atoms with Crippen LogP contribution in [0.2, 0.25) is 0 Å². The average molecular weight is 345 g/mol. The summed E-state index contributed by atoms with van der Waals surface area (Å²) in [6, 6.07) is 15.1. The Labute approximate surface area is 144 Å². The molecule has 2 rings (SSSR count). The second kappa shape index (κ2) is 8.13. The van der Waals surface area contributed by atoms with E-state index >= 15 is 0 Å². The summed E-state index contributed by atoms with van der Waals surface area (Å²) >= 11 is 0. The lowest BCUT2D eigenvalue weighted by Gasteiger charge is -2.13. The van der Waals surface area contributed by atoms with Gasteiger partial charge in [0.15, 0.2) is 0 Å². The van der Waals surface area contributed by atoms with E-state index in [0.29, 0.717) is 6.42 Å². The smallest absolute Gasteiger partial charge is 0.233 e. The van der Waals surface area contributed by atoms with Crippen LogP contribution in [0, 0.1) is 6.92 Å². The van der Waals surface area contributed by atoms with Gasteiger partial charge in [0.25, 0.3) is 0 Å². The standard InChI is InChI=1S/C19H23NO3S/c1-15-7-9-17(10-8-15)11-12-24(21,22)20-16(2)13-18-5-4-6-19(14-18)23-3/h4-12,14,16,20H,13H2,1-3H3/b12-11+. The molecule has 5 heteroatoms. The summed E-state index contributed by atoms with van der Waals surface area (Å²) in [5, 5.41) is 1.21. The molecule has 0 spiro atoms. The third-order valence-electron chi connectivity index (χ3n) is 3.56. The highest BCUT2D eigenvalue weighted by atomic mass is 32.2. The number of hydrogen-bond acceptors (Lipinski definition) is 3. The molecule has 0 saturated heterocycles. The van der Waals surface area contributed by atoms with Crippen molar-refractivity contribution >= 4 is 16.1 Å². The van der Waals surface area contributed by atoms with E-state index in [1.807, 2.05) is 62.4 Å². The lowest BCUT2D eigenvalue weighted by Crippen LogP contribution is -2.32. The van der Waals surface area contributed by atoms with E-state index in [1.54, 1.807) is 13.2 Å². The van der Waals surface area contributed by atoms with E-state index in [-0.39, 0.29) is 6.04 Å². The largest absolute Gasteiger partial charge is 0.497 e. The topological polar surface area (TPSA) is 55.4 Å². The summed E-state index contributed by atoms with van der Waals surface area (Å²) in [5.41, 5.74) is 3.01. The van der Waals surface area contributed by atoms with Gasteiger partial charge in [-0.1, -0.05) is 42.0 Å². The van der Waals surface area contributed by atoms with Crippen molar-refractivity contribution in [3.8, 4) is 5.75 Å². The predicted molar refractivity (Wildman–Crippen MR) is 98.4 cm³/mol. The lowest BCUT2D eigenvalue weighted by molar-refractivity contribution is 0.414. The van der Waals surface area contributed by atoms with Gasteiger partial charge in [0.05, 0.1) is 7.11 Å². The van der Waals surface area contributed by atoms with Crippen molar-refractivity contribution in [1.82, 2.24) is 4.72 Å². The van der Waals surface area contributed by atoms with E-state index in [9.17, 15) is 8.42 Å². The number of hydrogen-bond donors (Lipinski definition) is 1. The van der Waals surface area contributed by atoms with Crippen LogP contribution in [-0.2, 0) is 16.4 Å². The Hall–Kier alpha value is -2.11. The zero-order valence-corrected chi connectivity index (χ0v) is 15.0. The normalized spacial score (nSPS) is 13.1. The summed E-state index contributed by atoms with van der Waals surface area (Å²) < 4.78 is 32.2. The minimum Gasteiger partial charge on any atom is -0.497 e. The van der Waals surface area contributed by atoms with E-state index in [4.69, 9.17) is 4.74 Å². The van der Waals surface area contributed by atoms with Gasteiger partial charge in [0, 0.05) is 11.4 Å². The number of rotatable bonds is 7. The molecule has 24 heavy (non-hydrogen) atoms. The molecule has 0 bridgehead atoms. The van der Waals surface area contributed by atoms with Gasteiger partial charge in [-0.2, -0.15) is 0 Å². The number of benzene rings is 2. The third kappa shape index (κ3) is 5.83. The number of nitrogens with one attached hydrogen (secondary N) is 1. The van der Waals surface area contributed by atoms with E-state index < -0.39 is 10.0 Å². The fraction of sp³-hybridized carbons (Fsp3) is 0.263. The first kappa shape index (κ1) is 18.2. The van der Waals surface area contributed by atoms with Crippen LogP contribution in [0.25, 0.3) is 6.08 Å². The molecule has 0 aliphatic carbocycles. The Kier molecular flexibility index (Phi) is 6.17.